The van der Waals surface area contributed by atoms with E-state index >= 15 is 0 Å². The molecular formula is C11H18FN3O4. The Morgan fingerprint density at radius 1 is 1.47 bits per heavy atom. The second-order valence-electron chi connectivity index (χ2n) is 5.33. The number of rotatable bonds is 3. The van der Waals surface area contributed by atoms with Crippen LogP contribution < -0.4 is 0 Å². The van der Waals surface area contributed by atoms with E-state index in [1.807, 2.05) is 0 Å². The van der Waals surface area contributed by atoms with E-state index in [9.17, 15) is 14.6 Å². The molecule has 7 nitrogen and oxygen atoms in total. The van der Waals surface area contributed by atoms with Gasteiger partial charge in [-0.3, -0.25) is 0 Å². The van der Waals surface area contributed by atoms with E-state index < -0.39 is 29.9 Å². The molecule has 0 amide bonds. The third-order valence-electron chi connectivity index (χ3n) is 3.02. The molecule has 1 aromatic rings. The fourth-order valence-corrected chi connectivity index (χ4v) is 1.96. The summed E-state index contributed by atoms with van der Waals surface area (Å²) in [7, 11) is 0. The zero-order valence-electron chi connectivity index (χ0n) is 11.0. The molecule has 8 heteroatoms. The lowest BCUT2D eigenvalue weighted by Gasteiger charge is -2.46. The van der Waals surface area contributed by atoms with Gasteiger partial charge < -0.3 is 19.7 Å². The zero-order chi connectivity index (χ0) is 14.3. The van der Waals surface area contributed by atoms with Crippen LogP contribution in [-0.4, -0.2) is 55.4 Å². The summed E-state index contributed by atoms with van der Waals surface area (Å²) in [5.41, 5.74) is -1.50. The van der Waals surface area contributed by atoms with Gasteiger partial charge in [-0.05, 0) is 20.8 Å². The van der Waals surface area contributed by atoms with Gasteiger partial charge in [0.1, 0.15) is 17.8 Å². The molecule has 2 unspecified atom stereocenters. The molecule has 1 aliphatic rings. The topological polar surface area (TPSA) is 89.6 Å². The van der Waals surface area contributed by atoms with Crippen LogP contribution in [0.1, 0.15) is 27.1 Å². The Morgan fingerprint density at radius 3 is 2.74 bits per heavy atom. The van der Waals surface area contributed by atoms with Crippen LogP contribution in [-0.2, 0) is 9.47 Å². The Hall–Kier alpha value is -1.09. The first-order valence-electron chi connectivity index (χ1n) is 5.95. The highest BCUT2D eigenvalue weighted by molar-refractivity contribution is 4.94. The molecule has 19 heavy (non-hydrogen) atoms. The number of aliphatic hydroxyl groups excluding tert-OH is 1. The maximum Gasteiger partial charge on any atom is 0.221 e. The highest BCUT2D eigenvalue weighted by atomic mass is 19.1. The predicted octanol–water partition coefficient (Wildman–Crippen LogP) is 0.00960. The van der Waals surface area contributed by atoms with E-state index in [4.69, 9.17) is 9.47 Å². The van der Waals surface area contributed by atoms with Crippen molar-refractivity contribution < 1.29 is 24.1 Å². The SMILES string of the molecule is CC1(C)OC[C@@](C)(O)[C@H](C(O)C(F)n2ccnn2)O1. The first-order valence-corrected chi connectivity index (χ1v) is 5.95. The Balaban J connectivity index is 2.18. The number of aliphatic hydroxyl groups is 2. The first-order chi connectivity index (χ1) is 8.73. The van der Waals surface area contributed by atoms with Gasteiger partial charge in [-0.25, -0.2) is 9.07 Å². The fourth-order valence-electron chi connectivity index (χ4n) is 1.96. The van der Waals surface area contributed by atoms with E-state index in [-0.39, 0.29) is 6.61 Å². The normalized spacial score (nSPS) is 33.9. The number of aromatic nitrogens is 3. The minimum atomic E-state index is -1.87. The largest absolute Gasteiger partial charge is 0.385 e. The highest BCUT2D eigenvalue weighted by Crippen LogP contribution is 2.33. The summed E-state index contributed by atoms with van der Waals surface area (Å²) in [5.74, 6) is -1.00. The van der Waals surface area contributed by atoms with Gasteiger partial charge in [-0.2, -0.15) is 0 Å². The quantitative estimate of drug-likeness (QED) is 0.807. The Kier molecular flexibility index (Phi) is 3.61. The Bertz CT molecular complexity index is 424. The van der Waals surface area contributed by atoms with Gasteiger partial charge in [0.05, 0.1) is 12.8 Å². The molecule has 1 saturated heterocycles. The lowest BCUT2D eigenvalue weighted by atomic mass is 9.93. The summed E-state index contributed by atoms with van der Waals surface area (Å²) in [6, 6.07) is 0. The summed E-state index contributed by atoms with van der Waals surface area (Å²) in [6.45, 7) is 4.62. The van der Waals surface area contributed by atoms with Crippen molar-refractivity contribution in [3.8, 4) is 0 Å². The van der Waals surface area contributed by atoms with E-state index in [2.05, 4.69) is 10.3 Å². The highest BCUT2D eigenvalue weighted by Gasteiger charge is 2.49. The van der Waals surface area contributed by atoms with Crippen molar-refractivity contribution in [3.05, 3.63) is 12.4 Å². The van der Waals surface area contributed by atoms with Crippen LogP contribution in [0.15, 0.2) is 12.4 Å². The molecular weight excluding hydrogens is 257 g/mol. The number of alkyl halides is 1. The predicted molar refractivity (Wildman–Crippen MR) is 61.7 cm³/mol. The van der Waals surface area contributed by atoms with Crippen molar-refractivity contribution in [3.63, 3.8) is 0 Å². The monoisotopic (exact) mass is 275 g/mol. The maximum absolute atomic E-state index is 14.1. The van der Waals surface area contributed by atoms with Crippen molar-refractivity contribution in [1.29, 1.82) is 0 Å². The Morgan fingerprint density at radius 2 is 2.16 bits per heavy atom. The van der Waals surface area contributed by atoms with Gasteiger partial charge in [0.15, 0.2) is 5.79 Å². The van der Waals surface area contributed by atoms with Gasteiger partial charge in [-0.1, -0.05) is 5.21 Å². The number of hydrogen-bond acceptors (Lipinski definition) is 6. The maximum atomic E-state index is 14.1. The van der Waals surface area contributed by atoms with Crippen molar-refractivity contribution in [2.45, 2.75) is 50.7 Å². The molecule has 1 aromatic heterocycles. The molecule has 1 aliphatic heterocycles. The minimum Gasteiger partial charge on any atom is -0.385 e. The molecule has 2 N–H and O–H groups in total. The lowest BCUT2D eigenvalue weighted by molar-refractivity contribution is -0.349. The van der Waals surface area contributed by atoms with Crippen molar-refractivity contribution in [1.82, 2.24) is 15.0 Å². The molecule has 0 saturated carbocycles. The number of hydrogen-bond donors (Lipinski definition) is 2. The standard InChI is InChI=1S/C11H18FN3O4/c1-10(2)18-6-11(3,17)8(19-10)7(16)9(12)15-5-4-13-14-15/h4-5,7-9,16-17H,6H2,1-3H3/t7?,8-,9?,11+/m0/s1. The summed E-state index contributed by atoms with van der Waals surface area (Å²) in [4.78, 5) is 0. The first kappa shape index (κ1) is 14.3. The van der Waals surface area contributed by atoms with Crippen LogP contribution in [0.3, 0.4) is 0 Å². The average Bonchev–Trinajstić information content (AvgIpc) is 2.84. The van der Waals surface area contributed by atoms with Crippen molar-refractivity contribution in [2.24, 2.45) is 0 Å². The smallest absolute Gasteiger partial charge is 0.221 e. The van der Waals surface area contributed by atoms with E-state index in [1.165, 1.54) is 19.3 Å². The number of nitrogens with zero attached hydrogens (tertiary/aromatic N) is 3. The third kappa shape index (κ3) is 2.92. The molecule has 0 spiro atoms. The van der Waals surface area contributed by atoms with Gasteiger partial charge >= 0.3 is 0 Å². The van der Waals surface area contributed by atoms with Gasteiger partial charge in [0.25, 0.3) is 0 Å². The molecule has 0 bridgehead atoms. The molecule has 4 atom stereocenters. The van der Waals surface area contributed by atoms with Crippen LogP contribution >= 0.6 is 0 Å². The molecule has 108 valence electrons. The van der Waals surface area contributed by atoms with Crippen molar-refractivity contribution in [2.75, 3.05) is 6.61 Å². The van der Waals surface area contributed by atoms with Crippen LogP contribution in [0.4, 0.5) is 4.39 Å². The summed E-state index contributed by atoms with van der Waals surface area (Å²) < 4.78 is 25.7. The zero-order valence-corrected chi connectivity index (χ0v) is 11.0. The van der Waals surface area contributed by atoms with Crippen LogP contribution in [0.2, 0.25) is 0 Å². The van der Waals surface area contributed by atoms with E-state index in [0.717, 1.165) is 4.68 Å². The fraction of sp³-hybridized carbons (Fsp3) is 0.818. The van der Waals surface area contributed by atoms with Crippen LogP contribution in [0.5, 0.6) is 0 Å². The number of ether oxygens (including phenoxy) is 2. The molecule has 2 heterocycles. The molecule has 0 aliphatic carbocycles. The van der Waals surface area contributed by atoms with Gasteiger partial charge in [-0.15, -0.1) is 5.10 Å². The lowest BCUT2D eigenvalue weighted by Crippen LogP contribution is -2.61. The van der Waals surface area contributed by atoms with Gasteiger partial charge in [0, 0.05) is 6.20 Å². The summed E-state index contributed by atoms with van der Waals surface area (Å²) in [5, 5.41) is 27.2. The molecule has 1 fully saturated rings. The summed E-state index contributed by atoms with van der Waals surface area (Å²) >= 11 is 0. The minimum absolute atomic E-state index is 0.0637. The van der Waals surface area contributed by atoms with Gasteiger partial charge in [0.2, 0.25) is 6.30 Å². The van der Waals surface area contributed by atoms with E-state index in [0.29, 0.717) is 0 Å². The second-order valence-corrected chi connectivity index (χ2v) is 5.33. The van der Waals surface area contributed by atoms with Crippen LogP contribution in [0.25, 0.3) is 0 Å². The summed E-state index contributed by atoms with van der Waals surface area (Å²) in [6.07, 6.45) is -2.03. The van der Waals surface area contributed by atoms with Crippen LogP contribution in [0, 0.1) is 0 Å². The second kappa shape index (κ2) is 4.78. The number of halogens is 1. The third-order valence-corrected chi connectivity index (χ3v) is 3.02. The molecule has 0 radical (unpaired) electrons. The van der Waals surface area contributed by atoms with Crippen molar-refractivity contribution >= 4 is 0 Å². The van der Waals surface area contributed by atoms with E-state index in [1.54, 1.807) is 13.8 Å². The molecule has 0 aromatic carbocycles. The average molecular weight is 275 g/mol. The Labute approximate surface area is 109 Å². The molecule has 2 rings (SSSR count).